The smallest absolute Gasteiger partial charge is 0.352 e. The monoisotopic (exact) mass is 343 g/mol. The number of nitrogens with zero attached hydrogens (tertiary/aromatic N) is 1. The first kappa shape index (κ1) is 13.8. The minimum Gasteiger partial charge on any atom is -0.477 e. The molecule has 0 fully saturated rings. The van der Waals surface area contributed by atoms with Crippen molar-refractivity contribution in [3.05, 3.63) is 32.5 Å². The Balaban J connectivity index is 2.31. The highest BCUT2D eigenvalue weighted by Gasteiger charge is 2.22. The molecule has 0 aliphatic heterocycles. The van der Waals surface area contributed by atoms with Crippen LogP contribution in [-0.4, -0.2) is 27.0 Å². The zero-order valence-electron chi connectivity index (χ0n) is 10.1. The second kappa shape index (κ2) is 5.14. The van der Waals surface area contributed by atoms with Crippen LogP contribution in [0.3, 0.4) is 0 Å². The molecule has 0 saturated heterocycles. The summed E-state index contributed by atoms with van der Waals surface area (Å²) in [5.74, 6) is -1.46. The van der Waals surface area contributed by atoms with E-state index in [0.29, 0.717) is 22.0 Å². The van der Waals surface area contributed by atoms with Gasteiger partial charge in [0.05, 0.1) is 15.5 Å². The van der Waals surface area contributed by atoms with Crippen LogP contribution in [0, 0.1) is 13.8 Å². The Morgan fingerprint density at radius 2 is 2.16 bits per heavy atom. The van der Waals surface area contributed by atoms with Crippen LogP contribution in [0.2, 0.25) is 0 Å². The van der Waals surface area contributed by atoms with Gasteiger partial charge in [-0.3, -0.25) is 10.1 Å². The zero-order chi connectivity index (χ0) is 14.2. The van der Waals surface area contributed by atoms with Crippen molar-refractivity contribution in [3.8, 4) is 0 Å². The molecule has 6 nitrogen and oxygen atoms in total. The number of anilines is 1. The number of aromatic nitrogens is 2. The molecule has 0 aliphatic rings. The minimum atomic E-state index is -1.09. The predicted octanol–water partition coefficient (Wildman–Crippen LogP) is 2.80. The Morgan fingerprint density at radius 3 is 2.63 bits per heavy atom. The summed E-state index contributed by atoms with van der Waals surface area (Å²) >= 11 is 4.53. The van der Waals surface area contributed by atoms with Crippen LogP contribution in [-0.2, 0) is 0 Å². The number of rotatable bonds is 3. The van der Waals surface area contributed by atoms with E-state index in [1.807, 2.05) is 0 Å². The van der Waals surface area contributed by atoms with Crippen LogP contribution in [0.25, 0.3) is 0 Å². The van der Waals surface area contributed by atoms with Gasteiger partial charge in [-0.25, -0.2) is 9.78 Å². The molecule has 2 heterocycles. The van der Waals surface area contributed by atoms with Crippen molar-refractivity contribution in [2.75, 3.05) is 5.32 Å². The molecule has 3 N–H and O–H groups in total. The minimum absolute atomic E-state index is 0.0305. The second-order valence-electron chi connectivity index (χ2n) is 3.85. The number of carbonyl (C=O) groups excluding carboxylic acids is 1. The number of aromatic carboxylic acids is 1. The lowest BCUT2D eigenvalue weighted by molar-refractivity contribution is 0.0690. The molecule has 19 heavy (non-hydrogen) atoms. The van der Waals surface area contributed by atoms with E-state index in [4.69, 9.17) is 5.11 Å². The topological polar surface area (TPSA) is 95.1 Å². The molecule has 0 radical (unpaired) electrons. The van der Waals surface area contributed by atoms with Crippen LogP contribution in [0.5, 0.6) is 0 Å². The first-order valence-electron chi connectivity index (χ1n) is 5.25. The molecule has 0 aliphatic carbocycles. The van der Waals surface area contributed by atoms with Crippen molar-refractivity contribution < 1.29 is 14.7 Å². The molecule has 0 atom stereocenters. The van der Waals surface area contributed by atoms with Crippen molar-refractivity contribution in [2.45, 2.75) is 13.8 Å². The van der Waals surface area contributed by atoms with Crippen molar-refractivity contribution in [1.29, 1.82) is 0 Å². The highest BCUT2D eigenvalue weighted by molar-refractivity contribution is 9.11. The van der Waals surface area contributed by atoms with E-state index in [2.05, 4.69) is 31.2 Å². The van der Waals surface area contributed by atoms with Gasteiger partial charge in [-0.2, -0.15) is 0 Å². The standard InChI is InChI=1S/C11H10BrN3O3S/c1-4-7(5(2)14-8(4)10(17)18)9(16)15-11-13-3-6(12)19-11/h3,14H,1-2H3,(H,17,18)(H,13,15,16). The Morgan fingerprint density at radius 1 is 1.47 bits per heavy atom. The van der Waals surface area contributed by atoms with Crippen LogP contribution in [0.15, 0.2) is 9.98 Å². The van der Waals surface area contributed by atoms with Gasteiger partial charge in [0.1, 0.15) is 5.69 Å². The Labute approximate surface area is 121 Å². The molecule has 0 unspecified atom stereocenters. The second-order valence-corrected chi connectivity index (χ2v) is 6.26. The predicted molar refractivity (Wildman–Crippen MR) is 75.0 cm³/mol. The van der Waals surface area contributed by atoms with Gasteiger partial charge >= 0.3 is 5.97 Å². The summed E-state index contributed by atoms with van der Waals surface area (Å²) in [7, 11) is 0. The number of H-pyrrole nitrogens is 1. The van der Waals surface area contributed by atoms with Crippen LogP contribution >= 0.6 is 27.3 Å². The number of hydrogen-bond donors (Lipinski definition) is 3. The third-order valence-corrected chi connectivity index (χ3v) is 3.97. The van der Waals surface area contributed by atoms with Gasteiger partial charge in [0.2, 0.25) is 0 Å². The van der Waals surface area contributed by atoms with Gasteiger partial charge in [-0.05, 0) is 35.3 Å². The molecule has 8 heteroatoms. The number of carboxylic acids is 1. The number of halogens is 1. The van der Waals surface area contributed by atoms with Gasteiger partial charge in [-0.15, -0.1) is 0 Å². The Kier molecular flexibility index (Phi) is 3.72. The van der Waals surface area contributed by atoms with E-state index >= 15 is 0 Å². The van der Waals surface area contributed by atoms with Gasteiger partial charge in [0, 0.05) is 5.69 Å². The highest BCUT2D eigenvalue weighted by atomic mass is 79.9. The summed E-state index contributed by atoms with van der Waals surface area (Å²) in [4.78, 5) is 29.8. The maximum atomic E-state index is 12.1. The third-order valence-electron chi connectivity index (χ3n) is 2.58. The maximum Gasteiger partial charge on any atom is 0.352 e. The average Bonchev–Trinajstić information content (AvgIpc) is 2.83. The number of carbonyl (C=O) groups is 2. The lowest BCUT2D eigenvalue weighted by atomic mass is 10.1. The quantitative estimate of drug-likeness (QED) is 0.798. The summed E-state index contributed by atoms with van der Waals surface area (Å²) in [5, 5.41) is 12.1. The molecule has 100 valence electrons. The molecule has 0 bridgehead atoms. The third kappa shape index (κ3) is 2.69. The fourth-order valence-corrected chi connectivity index (χ4v) is 2.88. The van der Waals surface area contributed by atoms with Crippen LogP contribution in [0.4, 0.5) is 5.13 Å². The number of aromatic amines is 1. The molecular formula is C11H10BrN3O3S. The van der Waals surface area contributed by atoms with E-state index in [1.165, 1.54) is 11.3 Å². The van der Waals surface area contributed by atoms with Crippen molar-refractivity contribution in [1.82, 2.24) is 9.97 Å². The summed E-state index contributed by atoms with van der Waals surface area (Å²) in [6.45, 7) is 3.26. The van der Waals surface area contributed by atoms with Crippen molar-refractivity contribution >= 4 is 44.3 Å². The van der Waals surface area contributed by atoms with E-state index in [-0.39, 0.29) is 11.6 Å². The molecule has 0 spiro atoms. The van der Waals surface area contributed by atoms with E-state index in [1.54, 1.807) is 20.0 Å². The summed E-state index contributed by atoms with van der Waals surface area (Å²) in [6, 6.07) is 0. The van der Waals surface area contributed by atoms with Gasteiger partial charge in [0.25, 0.3) is 5.91 Å². The first-order chi connectivity index (χ1) is 8.90. The summed E-state index contributed by atoms with van der Waals surface area (Å²) < 4.78 is 0.802. The lowest BCUT2D eigenvalue weighted by Crippen LogP contribution is -2.13. The first-order valence-corrected chi connectivity index (χ1v) is 6.86. The van der Waals surface area contributed by atoms with E-state index in [0.717, 1.165) is 3.79 Å². The number of nitrogens with one attached hydrogen (secondary N) is 2. The van der Waals surface area contributed by atoms with E-state index in [9.17, 15) is 9.59 Å². The number of thiazole rings is 1. The molecule has 1 amide bonds. The molecule has 2 aromatic rings. The van der Waals surface area contributed by atoms with Crippen molar-refractivity contribution in [3.63, 3.8) is 0 Å². The van der Waals surface area contributed by atoms with Gasteiger partial charge < -0.3 is 10.1 Å². The van der Waals surface area contributed by atoms with Gasteiger partial charge in [0.15, 0.2) is 5.13 Å². The molecule has 0 aromatic carbocycles. The molecule has 0 saturated carbocycles. The number of aryl methyl sites for hydroxylation is 1. The largest absolute Gasteiger partial charge is 0.477 e. The summed E-state index contributed by atoms with van der Waals surface area (Å²) in [5.41, 5.74) is 1.30. The Bertz CT molecular complexity index is 662. The lowest BCUT2D eigenvalue weighted by Gasteiger charge is -2.02. The maximum absolute atomic E-state index is 12.1. The van der Waals surface area contributed by atoms with Gasteiger partial charge in [-0.1, -0.05) is 11.3 Å². The number of amides is 1. The Hall–Kier alpha value is -1.67. The molecule has 2 rings (SSSR count). The SMILES string of the molecule is Cc1[nH]c(C(=O)O)c(C)c1C(=O)Nc1ncc(Br)s1. The summed E-state index contributed by atoms with van der Waals surface area (Å²) in [6.07, 6.45) is 1.58. The number of hydrogen-bond acceptors (Lipinski definition) is 4. The zero-order valence-corrected chi connectivity index (χ0v) is 12.5. The normalized spacial score (nSPS) is 10.5. The van der Waals surface area contributed by atoms with Crippen LogP contribution < -0.4 is 5.32 Å². The number of carboxylic acid groups (broad SMARTS) is 1. The fraction of sp³-hybridized carbons (Fsp3) is 0.182. The van der Waals surface area contributed by atoms with Crippen LogP contribution in [0.1, 0.15) is 32.1 Å². The molecular weight excluding hydrogens is 334 g/mol. The molecule has 2 aromatic heterocycles. The van der Waals surface area contributed by atoms with Crippen molar-refractivity contribution in [2.24, 2.45) is 0 Å². The van der Waals surface area contributed by atoms with E-state index < -0.39 is 5.97 Å². The highest BCUT2D eigenvalue weighted by Crippen LogP contribution is 2.25. The average molecular weight is 344 g/mol. The fourth-order valence-electron chi connectivity index (χ4n) is 1.78.